The van der Waals surface area contributed by atoms with Gasteiger partial charge in [0.15, 0.2) is 11.4 Å². The van der Waals surface area contributed by atoms with E-state index in [1.54, 1.807) is 24.3 Å². The number of benzene rings is 2. The molecule has 1 aromatic heterocycles. The van der Waals surface area contributed by atoms with Crippen LogP contribution in [0.25, 0.3) is 11.1 Å². The van der Waals surface area contributed by atoms with Crippen molar-refractivity contribution in [1.82, 2.24) is 10.3 Å². The van der Waals surface area contributed by atoms with Gasteiger partial charge in [-0.2, -0.15) is 0 Å². The highest BCUT2D eigenvalue weighted by Crippen LogP contribution is 2.24. The van der Waals surface area contributed by atoms with E-state index >= 15 is 0 Å². The number of fused-ring (bicyclic) bond motifs is 1. The number of halogens is 1. The molecule has 1 saturated heterocycles. The summed E-state index contributed by atoms with van der Waals surface area (Å²) in [5, 5.41) is 5.32. The Morgan fingerprint density at radius 1 is 1.21 bits per heavy atom. The second-order valence-electron chi connectivity index (χ2n) is 6.47. The number of anilines is 1. The molecular formula is C20H18FN3O5. The molecular weight excluding hydrogens is 381 g/mol. The lowest BCUT2D eigenvalue weighted by molar-refractivity contribution is -0.0472. The van der Waals surface area contributed by atoms with Crippen molar-refractivity contribution >= 4 is 28.6 Å². The highest BCUT2D eigenvalue weighted by molar-refractivity contribution is 6.07. The Morgan fingerprint density at radius 2 is 1.97 bits per heavy atom. The van der Waals surface area contributed by atoms with E-state index in [9.17, 15) is 14.0 Å². The Bertz CT molecular complexity index is 1060. The van der Waals surface area contributed by atoms with E-state index < -0.39 is 17.6 Å². The van der Waals surface area contributed by atoms with Crippen LogP contribution in [-0.4, -0.2) is 43.2 Å². The van der Waals surface area contributed by atoms with E-state index in [0.717, 1.165) is 12.5 Å². The van der Waals surface area contributed by atoms with Crippen LogP contribution in [0.4, 0.5) is 10.1 Å². The zero-order valence-corrected chi connectivity index (χ0v) is 15.5. The summed E-state index contributed by atoms with van der Waals surface area (Å²) >= 11 is 0. The van der Waals surface area contributed by atoms with Crippen molar-refractivity contribution in [2.75, 3.05) is 25.6 Å². The summed E-state index contributed by atoms with van der Waals surface area (Å²) in [4.78, 5) is 28.8. The van der Waals surface area contributed by atoms with Crippen LogP contribution < -0.4 is 15.4 Å². The van der Waals surface area contributed by atoms with Crippen molar-refractivity contribution in [3.63, 3.8) is 0 Å². The van der Waals surface area contributed by atoms with Gasteiger partial charge in [0.2, 0.25) is 0 Å². The van der Waals surface area contributed by atoms with Crippen molar-refractivity contribution in [3.8, 4) is 5.75 Å². The summed E-state index contributed by atoms with van der Waals surface area (Å²) in [7, 11) is 1.54. The molecule has 8 nitrogen and oxygen atoms in total. The molecule has 1 fully saturated rings. The molecule has 1 unspecified atom stereocenters. The maximum atomic E-state index is 14.2. The van der Waals surface area contributed by atoms with Gasteiger partial charge in [-0.1, -0.05) is 0 Å². The number of carbonyl (C=O) groups excluding carboxylic acids is 2. The number of hydrogen-bond donors (Lipinski definition) is 2. The monoisotopic (exact) mass is 399 g/mol. The molecule has 2 N–H and O–H groups in total. The van der Waals surface area contributed by atoms with E-state index in [0.29, 0.717) is 24.6 Å². The number of aromatic nitrogens is 1. The molecule has 3 aromatic rings. The van der Waals surface area contributed by atoms with Crippen LogP contribution in [0.1, 0.15) is 27.5 Å². The Labute approximate surface area is 165 Å². The molecule has 0 aliphatic carbocycles. The van der Waals surface area contributed by atoms with Gasteiger partial charge in [-0.05, 0) is 42.8 Å². The average Bonchev–Trinajstić information content (AvgIpc) is 3.14. The average molecular weight is 399 g/mol. The number of amides is 2. The van der Waals surface area contributed by atoms with Gasteiger partial charge < -0.3 is 24.5 Å². The third-order valence-electron chi connectivity index (χ3n) is 4.56. The maximum absolute atomic E-state index is 14.2. The van der Waals surface area contributed by atoms with Gasteiger partial charge in [0.1, 0.15) is 11.3 Å². The van der Waals surface area contributed by atoms with Gasteiger partial charge in [-0.25, -0.2) is 9.37 Å². The molecule has 150 valence electrons. The first-order valence-electron chi connectivity index (χ1n) is 8.99. The fraction of sp³-hybridized carbons (Fsp3) is 0.250. The fourth-order valence-corrected chi connectivity index (χ4v) is 2.86. The normalized spacial score (nSPS) is 15.6. The number of rotatable bonds is 6. The van der Waals surface area contributed by atoms with Gasteiger partial charge >= 0.3 is 5.91 Å². The fourth-order valence-electron chi connectivity index (χ4n) is 2.86. The van der Waals surface area contributed by atoms with E-state index in [2.05, 4.69) is 15.6 Å². The van der Waals surface area contributed by atoms with Crippen LogP contribution in [0.3, 0.4) is 0 Å². The molecule has 1 aliphatic rings. The second-order valence-corrected chi connectivity index (χ2v) is 6.47. The van der Waals surface area contributed by atoms with Crippen molar-refractivity contribution in [2.45, 2.75) is 12.5 Å². The largest absolute Gasteiger partial charge is 0.497 e. The first-order valence-corrected chi connectivity index (χ1v) is 8.99. The number of methoxy groups -OCH3 is 1. The highest BCUT2D eigenvalue weighted by Gasteiger charge is 2.24. The van der Waals surface area contributed by atoms with E-state index in [4.69, 9.17) is 13.9 Å². The van der Waals surface area contributed by atoms with Crippen molar-refractivity contribution in [1.29, 1.82) is 0 Å². The lowest BCUT2D eigenvalue weighted by atomic mass is 10.1. The van der Waals surface area contributed by atoms with E-state index in [-0.39, 0.29) is 28.7 Å². The summed E-state index contributed by atoms with van der Waals surface area (Å²) in [5.41, 5.74) is 0.308. The first-order chi connectivity index (χ1) is 14.0. The van der Waals surface area contributed by atoms with Gasteiger partial charge in [0.25, 0.3) is 11.8 Å². The minimum absolute atomic E-state index is 0.0181. The zero-order valence-electron chi connectivity index (χ0n) is 15.5. The lowest BCUT2D eigenvalue weighted by Crippen LogP contribution is -2.39. The van der Waals surface area contributed by atoms with Crippen molar-refractivity contribution in [3.05, 3.63) is 53.7 Å². The van der Waals surface area contributed by atoms with Crippen molar-refractivity contribution in [2.24, 2.45) is 0 Å². The highest BCUT2D eigenvalue weighted by atomic mass is 19.1. The third kappa shape index (κ3) is 3.90. The van der Waals surface area contributed by atoms with Crippen LogP contribution in [0.2, 0.25) is 0 Å². The Morgan fingerprint density at radius 3 is 2.62 bits per heavy atom. The predicted octanol–water partition coefficient (Wildman–Crippen LogP) is 2.75. The second kappa shape index (κ2) is 7.88. The number of oxazole rings is 1. The topological polar surface area (TPSA) is 103 Å². The van der Waals surface area contributed by atoms with Gasteiger partial charge in [-0.15, -0.1) is 0 Å². The van der Waals surface area contributed by atoms with Gasteiger partial charge in [0, 0.05) is 18.8 Å². The zero-order chi connectivity index (χ0) is 20.4. The Hall–Kier alpha value is -3.46. The maximum Gasteiger partial charge on any atom is 0.311 e. The first kappa shape index (κ1) is 18.9. The molecule has 0 bridgehead atoms. The van der Waals surface area contributed by atoms with Crippen LogP contribution >= 0.6 is 0 Å². The molecule has 0 saturated carbocycles. The molecule has 9 heteroatoms. The molecule has 2 heterocycles. The lowest BCUT2D eigenvalue weighted by Gasteiger charge is -2.26. The standard InChI is InChI=1S/C20H18FN3O5/c1-27-12-4-2-11(3-5-12)23-19(26)20-24-16-15(21)7-6-14(17(16)29-20)18(25)22-10-13-8-9-28-13/h2-7,13H,8-10H2,1H3,(H,22,25)(H,23,26). The molecule has 4 rings (SSSR count). The van der Waals surface area contributed by atoms with E-state index in [1.807, 2.05) is 0 Å². The number of nitrogens with one attached hydrogen (secondary N) is 2. The Balaban J connectivity index is 1.56. The Kier molecular flexibility index (Phi) is 5.13. The SMILES string of the molecule is COc1ccc(NC(=O)c2nc3c(F)ccc(C(=O)NCC4CCO4)c3o2)cc1. The molecule has 2 amide bonds. The molecule has 1 aliphatic heterocycles. The smallest absolute Gasteiger partial charge is 0.311 e. The van der Waals surface area contributed by atoms with E-state index in [1.165, 1.54) is 13.2 Å². The minimum atomic E-state index is -0.689. The van der Waals surface area contributed by atoms with Gasteiger partial charge in [-0.3, -0.25) is 9.59 Å². The summed E-state index contributed by atoms with van der Waals surface area (Å²) < 4.78 is 29.9. The number of nitrogens with zero attached hydrogens (tertiary/aromatic N) is 1. The molecule has 2 aromatic carbocycles. The third-order valence-corrected chi connectivity index (χ3v) is 4.56. The van der Waals surface area contributed by atoms with Crippen LogP contribution in [0, 0.1) is 5.82 Å². The summed E-state index contributed by atoms with van der Waals surface area (Å²) in [6, 6.07) is 9.05. The van der Waals surface area contributed by atoms with Crippen LogP contribution in [0.5, 0.6) is 5.75 Å². The molecule has 0 spiro atoms. The van der Waals surface area contributed by atoms with Gasteiger partial charge in [0.05, 0.1) is 18.8 Å². The quantitative estimate of drug-likeness (QED) is 0.661. The molecule has 1 atom stereocenters. The van der Waals surface area contributed by atoms with Crippen molar-refractivity contribution < 1.29 is 27.9 Å². The van der Waals surface area contributed by atoms with Crippen LogP contribution in [-0.2, 0) is 4.74 Å². The van der Waals surface area contributed by atoms with Crippen LogP contribution in [0.15, 0.2) is 40.8 Å². The summed E-state index contributed by atoms with van der Waals surface area (Å²) in [5.74, 6) is -1.53. The minimum Gasteiger partial charge on any atom is -0.497 e. The number of carbonyl (C=O) groups is 2. The summed E-state index contributed by atoms with van der Waals surface area (Å²) in [6.45, 7) is 1.02. The molecule has 29 heavy (non-hydrogen) atoms. The molecule has 0 radical (unpaired) electrons. The predicted molar refractivity (Wildman–Crippen MR) is 102 cm³/mol. The summed E-state index contributed by atoms with van der Waals surface area (Å²) in [6.07, 6.45) is 0.854. The number of hydrogen-bond acceptors (Lipinski definition) is 6. The number of ether oxygens (including phenoxy) is 2.